The Kier molecular flexibility index (Phi) is 3.72. The number of benzene rings is 1. The summed E-state index contributed by atoms with van der Waals surface area (Å²) >= 11 is 6.04. The molecule has 2 heterocycles. The van der Waals surface area contributed by atoms with E-state index in [1.807, 2.05) is 0 Å². The molecule has 1 amide bonds. The average Bonchev–Trinajstić information content (AvgIpc) is 2.93. The Morgan fingerprint density at radius 1 is 1.45 bits per heavy atom. The van der Waals surface area contributed by atoms with Gasteiger partial charge in [0.25, 0.3) is 0 Å². The number of nitrogens with zero attached hydrogens (tertiary/aromatic N) is 1. The van der Waals surface area contributed by atoms with Crippen molar-refractivity contribution in [1.82, 2.24) is 10.2 Å². The number of aliphatic carboxylic acids is 1. The van der Waals surface area contributed by atoms with Crippen molar-refractivity contribution in [2.75, 3.05) is 11.9 Å². The van der Waals surface area contributed by atoms with E-state index >= 15 is 0 Å². The lowest BCUT2D eigenvalue weighted by Crippen LogP contribution is -2.23. The Morgan fingerprint density at radius 2 is 2.27 bits per heavy atom. The number of fused-ring (bicyclic) bond motifs is 1. The minimum absolute atomic E-state index is 0.161. The first-order chi connectivity index (χ1) is 10.5. The molecule has 114 valence electrons. The van der Waals surface area contributed by atoms with Crippen LogP contribution in [0.15, 0.2) is 24.4 Å². The molecular formula is C14H12ClN3O4. The number of nitrogens with one attached hydrogen (secondary N) is 2. The van der Waals surface area contributed by atoms with Crippen LogP contribution in [0.2, 0.25) is 5.02 Å². The van der Waals surface area contributed by atoms with Crippen LogP contribution in [0.4, 0.5) is 5.82 Å². The summed E-state index contributed by atoms with van der Waals surface area (Å²) in [5.74, 6) is -0.619. The Labute approximate surface area is 130 Å². The van der Waals surface area contributed by atoms with Gasteiger partial charge in [-0.1, -0.05) is 11.6 Å². The summed E-state index contributed by atoms with van der Waals surface area (Å²) < 4.78 is 5.31. The average molecular weight is 322 g/mol. The largest absolute Gasteiger partial charge is 0.482 e. The highest BCUT2D eigenvalue weighted by Gasteiger charge is 2.30. The highest BCUT2D eigenvalue weighted by atomic mass is 35.5. The lowest BCUT2D eigenvalue weighted by molar-refractivity contribution is -0.139. The summed E-state index contributed by atoms with van der Waals surface area (Å²) in [5.41, 5.74) is 1.47. The van der Waals surface area contributed by atoms with Crippen molar-refractivity contribution >= 4 is 29.3 Å². The normalized spacial score (nSPS) is 16.8. The Hall–Kier alpha value is -2.54. The van der Waals surface area contributed by atoms with Crippen LogP contribution < -0.4 is 10.1 Å². The molecule has 0 radical (unpaired) electrons. The Morgan fingerprint density at radius 3 is 3.05 bits per heavy atom. The van der Waals surface area contributed by atoms with E-state index in [0.29, 0.717) is 22.2 Å². The van der Waals surface area contributed by atoms with E-state index in [1.54, 1.807) is 24.4 Å². The smallest absolute Gasteiger partial charge is 0.341 e. The molecule has 0 aliphatic carbocycles. The number of ether oxygens (including phenoxy) is 1. The topological polar surface area (TPSA) is 104 Å². The van der Waals surface area contributed by atoms with Gasteiger partial charge in [-0.05, 0) is 18.2 Å². The van der Waals surface area contributed by atoms with Crippen molar-refractivity contribution in [3.8, 4) is 5.75 Å². The molecule has 0 unspecified atom stereocenters. The molecule has 0 spiro atoms. The fourth-order valence-corrected chi connectivity index (χ4v) is 2.67. The number of hydrogen-bond acceptors (Lipinski definition) is 4. The van der Waals surface area contributed by atoms with Crippen LogP contribution in [0.25, 0.3) is 0 Å². The van der Waals surface area contributed by atoms with Crippen LogP contribution in [0.3, 0.4) is 0 Å². The summed E-state index contributed by atoms with van der Waals surface area (Å²) in [6, 6.07) is 4.90. The molecule has 1 aromatic carbocycles. The number of carbonyl (C=O) groups is 2. The van der Waals surface area contributed by atoms with Crippen molar-refractivity contribution in [3.63, 3.8) is 0 Å². The summed E-state index contributed by atoms with van der Waals surface area (Å²) in [4.78, 5) is 22.5. The third-order valence-corrected chi connectivity index (χ3v) is 3.63. The molecule has 0 fully saturated rings. The molecule has 3 rings (SSSR count). The van der Waals surface area contributed by atoms with Crippen LogP contribution >= 0.6 is 11.6 Å². The van der Waals surface area contributed by atoms with E-state index in [9.17, 15) is 9.59 Å². The molecule has 22 heavy (non-hydrogen) atoms. The van der Waals surface area contributed by atoms with Crippen LogP contribution in [-0.2, 0) is 9.59 Å². The first-order valence-electron chi connectivity index (χ1n) is 6.51. The van der Waals surface area contributed by atoms with Crippen LogP contribution in [0.5, 0.6) is 5.75 Å². The second-order valence-electron chi connectivity index (χ2n) is 4.87. The number of rotatable bonds is 4. The van der Waals surface area contributed by atoms with E-state index in [-0.39, 0.29) is 18.2 Å². The lowest BCUT2D eigenvalue weighted by atomic mass is 9.87. The van der Waals surface area contributed by atoms with Gasteiger partial charge >= 0.3 is 5.97 Å². The van der Waals surface area contributed by atoms with Gasteiger partial charge < -0.3 is 15.2 Å². The maximum absolute atomic E-state index is 11.8. The maximum Gasteiger partial charge on any atom is 0.341 e. The standard InChI is InChI=1S/C14H12ClN3O4/c15-7-1-2-11(22-6-13(20)21)9(3-7)8-4-12(19)17-14-10(8)5-16-18-14/h1-3,5,8H,4,6H2,(H,20,21)(H2,16,17,18,19)/t8-/m1/s1. The van der Waals surface area contributed by atoms with Gasteiger partial charge in [-0.3, -0.25) is 9.89 Å². The molecule has 3 N–H and O–H groups in total. The maximum atomic E-state index is 11.8. The van der Waals surface area contributed by atoms with Gasteiger partial charge in [0.15, 0.2) is 6.61 Å². The fraction of sp³-hybridized carbons (Fsp3) is 0.214. The Bertz CT molecular complexity index is 743. The number of H-pyrrole nitrogens is 1. The highest BCUT2D eigenvalue weighted by molar-refractivity contribution is 6.30. The highest BCUT2D eigenvalue weighted by Crippen LogP contribution is 2.40. The zero-order valence-corrected chi connectivity index (χ0v) is 12.1. The SMILES string of the molecule is O=C(O)COc1ccc(Cl)cc1[C@H]1CC(=O)Nc2[nH]ncc21. The quantitative estimate of drug-likeness (QED) is 0.799. The first kappa shape index (κ1) is 14.4. The van der Waals surface area contributed by atoms with Crippen molar-refractivity contribution in [2.24, 2.45) is 0 Å². The predicted octanol–water partition coefficient (Wildman–Crippen LogP) is 2.00. The number of hydrogen-bond donors (Lipinski definition) is 3. The molecule has 1 aromatic heterocycles. The molecule has 7 nitrogen and oxygen atoms in total. The summed E-state index contributed by atoms with van der Waals surface area (Å²) in [7, 11) is 0. The van der Waals surface area contributed by atoms with Crippen LogP contribution in [0.1, 0.15) is 23.5 Å². The minimum Gasteiger partial charge on any atom is -0.482 e. The van der Waals surface area contributed by atoms with Gasteiger partial charge in [0.2, 0.25) is 5.91 Å². The van der Waals surface area contributed by atoms with E-state index in [4.69, 9.17) is 21.4 Å². The number of anilines is 1. The van der Waals surface area contributed by atoms with Gasteiger partial charge in [-0.25, -0.2) is 4.79 Å². The van der Waals surface area contributed by atoms with Gasteiger partial charge in [-0.15, -0.1) is 0 Å². The van der Waals surface area contributed by atoms with Crippen molar-refractivity contribution in [1.29, 1.82) is 0 Å². The molecule has 1 atom stereocenters. The predicted molar refractivity (Wildman–Crippen MR) is 78.3 cm³/mol. The first-order valence-corrected chi connectivity index (χ1v) is 6.89. The van der Waals surface area contributed by atoms with Gasteiger partial charge in [0.05, 0.1) is 6.20 Å². The zero-order chi connectivity index (χ0) is 15.7. The lowest BCUT2D eigenvalue weighted by Gasteiger charge is -2.24. The summed E-state index contributed by atoms with van der Waals surface area (Å²) in [6.45, 7) is -0.466. The van der Waals surface area contributed by atoms with Crippen LogP contribution in [0, 0.1) is 0 Å². The second-order valence-corrected chi connectivity index (χ2v) is 5.31. The fourth-order valence-electron chi connectivity index (χ4n) is 2.49. The number of carboxylic acids is 1. The monoisotopic (exact) mass is 321 g/mol. The number of halogens is 1. The van der Waals surface area contributed by atoms with E-state index in [2.05, 4.69) is 15.5 Å². The van der Waals surface area contributed by atoms with Gasteiger partial charge in [0.1, 0.15) is 11.6 Å². The molecular weight excluding hydrogens is 310 g/mol. The number of carboxylic acid groups (broad SMARTS) is 1. The molecule has 0 saturated heterocycles. The summed E-state index contributed by atoms with van der Waals surface area (Å²) in [5, 5.41) is 18.6. The zero-order valence-electron chi connectivity index (χ0n) is 11.3. The molecule has 2 aromatic rings. The summed E-state index contributed by atoms with van der Waals surface area (Å²) in [6.07, 6.45) is 1.83. The van der Waals surface area contributed by atoms with E-state index in [0.717, 1.165) is 5.56 Å². The van der Waals surface area contributed by atoms with Crippen molar-refractivity contribution in [3.05, 3.63) is 40.5 Å². The number of amides is 1. The molecule has 1 aliphatic heterocycles. The molecule has 0 bridgehead atoms. The van der Waals surface area contributed by atoms with Gasteiger partial charge in [0, 0.05) is 28.5 Å². The van der Waals surface area contributed by atoms with Gasteiger partial charge in [-0.2, -0.15) is 5.10 Å². The molecule has 8 heteroatoms. The third kappa shape index (κ3) is 2.75. The van der Waals surface area contributed by atoms with E-state index in [1.165, 1.54) is 0 Å². The number of aromatic amines is 1. The van der Waals surface area contributed by atoms with E-state index < -0.39 is 12.6 Å². The number of carbonyl (C=O) groups excluding carboxylic acids is 1. The molecule has 1 aliphatic rings. The van der Waals surface area contributed by atoms with Crippen LogP contribution in [-0.4, -0.2) is 33.8 Å². The number of aromatic nitrogens is 2. The minimum atomic E-state index is -1.08. The Balaban J connectivity index is 2.02. The second kappa shape index (κ2) is 5.69. The van der Waals surface area contributed by atoms with Crippen molar-refractivity contribution in [2.45, 2.75) is 12.3 Å². The molecule has 0 saturated carbocycles. The van der Waals surface area contributed by atoms with Crippen molar-refractivity contribution < 1.29 is 19.4 Å². The third-order valence-electron chi connectivity index (χ3n) is 3.40.